The average Bonchev–Trinajstić information content (AvgIpc) is 2.66. The van der Waals surface area contributed by atoms with Crippen molar-refractivity contribution in [3.63, 3.8) is 0 Å². The number of hydrogen-bond acceptors (Lipinski definition) is 4. The number of piperazine rings is 1. The lowest BCUT2D eigenvalue weighted by molar-refractivity contribution is 0.0697. The first-order valence-electron chi connectivity index (χ1n) is 9.18. The van der Waals surface area contributed by atoms with Crippen LogP contribution in [-0.4, -0.2) is 54.7 Å². The Morgan fingerprint density at radius 3 is 2.04 bits per heavy atom. The van der Waals surface area contributed by atoms with Gasteiger partial charge in [0.2, 0.25) is 15.6 Å². The highest BCUT2D eigenvalue weighted by molar-refractivity contribution is 7.89. The molecule has 1 aliphatic heterocycles. The zero-order valence-corrected chi connectivity index (χ0v) is 17.4. The van der Waals surface area contributed by atoms with Gasteiger partial charge in [0.1, 0.15) is 0 Å². The Hall–Kier alpha value is -2.45. The predicted molar refractivity (Wildman–Crippen MR) is 107 cm³/mol. The number of carbonyl (C=O) groups excluding carboxylic acids is 1. The lowest BCUT2D eigenvalue weighted by Gasteiger charge is -2.34. The third kappa shape index (κ3) is 3.62. The third-order valence-corrected chi connectivity index (χ3v) is 7.63. The fourth-order valence-corrected chi connectivity index (χ4v) is 5.55. The maximum atomic E-state index is 13.3. The topological polar surface area (TPSA) is 90.6 Å². The molecule has 7 nitrogen and oxygen atoms in total. The van der Waals surface area contributed by atoms with Crippen molar-refractivity contribution in [2.45, 2.75) is 32.6 Å². The molecule has 1 N–H and O–H groups in total. The molecule has 0 spiro atoms. The van der Waals surface area contributed by atoms with E-state index in [1.807, 2.05) is 33.8 Å². The molecular formula is C20H25N3O4S. The average molecular weight is 404 g/mol. The first-order chi connectivity index (χ1) is 13.1. The van der Waals surface area contributed by atoms with E-state index in [-0.39, 0.29) is 24.6 Å². The lowest BCUT2D eigenvalue weighted by atomic mass is 10.0. The molecule has 1 aromatic heterocycles. The van der Waals surface area contributed by atoms with Gasteiger partial charge < -0.3 is 9.88 Å². The first-order valence-corrected chi connectivity index (χ1v) is 10.6. The van der Waals surface area contributed by atoms with E-state index < -0.39 is 10.0 Å². The zero-order valence-electron chi connectivity index (χ0n) is 16.6. The molecule has 0 saturated carbocycles. The van der Waals surface area contributed by atoms with Gasteiger partial charge in [0.25, 0.3) is 5.91 Å². The Kier molecular flexibility index (Phi) is 5.45. The maximum absolute atomic E-state index is 13.3. The van der Waals surface area contributed by atoms with Crippen LogP contribution in [0.15, 0.2) is 34.1 Å². The van der Waals surface area contributed by atoms with Crippen LogP contribution in [-0.2, 0) is 10.0 Å². The van der Waals surface area contributed by atoms with Crippen molar-refractivity contribution in [2.75, 3.05) is 26.2 Å². The molecule has 1 amide bonds. The van der Waals surface area contributed by atoms with Crippen LogP contribution >= 0.6 is 0 Å². The normalized spacial score (nSPS) is 15.6. The molecule has 8 heteroatoms. The van der Waals surface area contributed by atoms with Crippen molar-refractivity contribution in [3.05, 3.63) is 62.6 Å². The molecule has 28 heavy (non-hydrogen) atoms. The van der Waals surface area contributed by atoms with Crippen molar-refractivity contribution < 1.29 is 13.2 Å². The summed E-state index contributed by atoms with van der Waals surface area (Å²) in [6, 6.07) is 4.79. The summed E-state index contributed by atoms with van der Waals surface area (Å²) in [5.74, 6) is -0.216. The van der Waals surface area contributed by atoms with Gasteiger partial charge in [-0.25, -0.2) is 8.42 Å². The molecular weight excluding hydrogens is 378 g/mol. The number of aryl methyl sites for hydroxylation is 2. The second-order valence-electron chi connectivity index (χ2n) is 7.23. The minimum Gasteiger partial charge on any atom is -0.336 e. The number of H-pyrrole nitrogens is 1. The number of aromatic nitrogens is 1. The Bertz CT molecular complexity index is 1030. The molecule has 1 aromatic carbocycles. The minimum atomic E-state index is -3.64. The van der Waals surface area contributed by atoms with Crippen LogP contribution in [0.3, 0.4) is 0 Å². The van der Waals surface area contributed by atoms with Crippen LogP contribution in [0.5, 0.6) is 0 Å². The Labute approximate surface area is 165 Å². The van der Waals surface area contributed by atoms with Gasteiger partial charge in [-0.15, -0.1) is 0 Å². The molecule has 0 unspecified atom stereocenters. The van der Waals surface area contributed by atoms with Crippen molar-refractivity contribution in [2.24, 2.45) is 0 Å². The molecule has 2 heterocycles. The summed E-state index contributed by atoms with van der Waals surface area (Å²) in [4.78, 5) is 28.2. The first kappa shape index (κ1) is 20.3. The van der Waals surface area contributed by atoms with Crippen LogP contribution in [0.1, 0.15) is 32.6 Å². The SMILES string of the molecule is Cc1cc(C)c(C)c(S(=O)(=O)N2CCN(C(=O)c3ccc(=O)[nH]c3)CC2)c1C. The van der Waals surface area contributed by atoms with Crippen molar-refractivity contribution in [1.82, 2.24) is 14.2 Å². The Balaban J connectivity index is 1.80. The molecule has 1 aliphatic rings. The summed E-state index contributed by atoms with van der Waals surface area (Å²) in [5.41, 5.74) is 3.57. The number of nitrogens with zero attached hydrogens (tertiary/aromatic N) is 2. The van der Waals surface area contributed by atoms with Gasteiger partial charge in [-0.3, -0.25) is 9.59 Å². The molecule has 0 aliphatic carbocycles. The molecule has 150 valence electrons. The largest absolute Gasteiger partial charge is 0.336 e. The standard InChI is InChI=1S/C20H25N3O4S/c1-13-11-14(2)16(4)19(15(13)3)28(26,27)23-9-7-22(8-10-23)20(25)17-5-6-18(24)21-12-17/h5-6,11-12H,7-10H2,1-4H3,(H,21,24). The van der Waals surface area contributed by atoms with Gasteiger partial charge >= 0.3 is 0 Å². The fourth-order valence-electron chi connectivity index (χ4n) is 3.55. The van der Waals surface area contributed by atoms with Crippen LogP contribution in [0.25, 0.3) is 0 Å². The van der Waals surface area contributed by atoms with E-state index in [1.54, 1.807) is 4.90 Å². The monoisotopic (exact) mass is 403 g/mol. The zero-order chi connectivity index (χ0) is 20.6. The van der Waals surface area contributed by atoms with E-state index in [4.69, 9.17) is 0 Å². The Morgan fingerprint density at radius 1 is 0.964 bits per heavy atom. The number of hydrogen-bond donors (Lipinski definition) is 1. The predicted octanol–water partition coefficient (Wildman–Crippen LogP) is 1.76. The van der Waals surface area contributed by atoms with Gasteiger partial charge in [0, 0.05) is 38.4 Å². The van der Waals surface area contributed by atoms with Gasteiger partial charge in [-0.2, -0.15) is 4.31 Å². The molecule has 0 radical (unpaired) electrons. The second kappa shape index (κ2) is 7.52. The Morgan fingerprint density at radius 2 is 1.54 bits per heavy atom. The van der Waals surface area contributed by atoms with E-state index >= 15 is 0 Å². The van der Waals surface area contributed by atoms with Crippen LogP contribution in [0.2, 0.25) is 0 Å². The smallest absolute Gasteiger partial charge is 0.255 e. The van der Waals surface area contributed by atoms with E-state index in [9.17, 15) is 18.0 Å². The third-order valence-electron chi connectivity index (χ3n) is 5.45. The van der Waals surface area contributed by atoms with Crippen molar-refractivity contribution in [1.29, 1.82) is 0 Å². The summed E-state index contributed by atoms with van der Waals surface area (Å²) in [5, 5.41) is 0. The molecule has 1 fully saturated rings. The van der Waals surface area contributed by atoms with Gasteiger partial charge in [0.15, 0.2) is 0 Å². The summed E-state index contributed by atoms with van der Waals surface area (Å²) >= 11 is 0. The van der Waals surface area contributed by atoms with E-state index in [1.165, 1.54) is 22.6 Å². The molecule has 0 bridgehead atoms. The molecule has 1 saturated heterocycles. The number of nitrogens with one attached hydrogen (secondary N) is 1. The quantitative estimate of drug-likeness (QED) is 0.845. The fraction of sp³-hybridized carbons (Fsp3) is 0.400. The second-order valence-corrected chi connectivity index (χ2v) is 9.10. The number of aromatic amines is 1. The molecule has 2 aromatic rings. The maximum Gasteiger partial charge on any atom is 0.255 e. The van der Waals surface area contributed by atoms with E-state index in [2.05, 4.69) is 4.98 Å². The minimum absolute atomic E-state index is 0.216. The van der Waals surface area contributed by atoms with Crippen molar-refractivity contribution in [3.8, 4) is 0 Å². The number of benzene rings is 1. The van der Waals surface area contributed by atoms with E-state index in [0.29, 0.717) is 23.5 Å². The number of pyridine rings is 1. The highest BCUT2D eigenvalue weighted by Gasteiger charge is 2.33. The molecule has 0 atom stereocenters. The number of amides is 1. The van der Waals surface area contributed by atoms with Crippen LogP contribution in [0, 0.1) is 27.7 Å². The summed E-state index contributed by atoms with van der Waals surface area (Å²) in [6.45, 7) is 8.60. The summed E-state index contributed by atoms with van der Waals surface area (Å²) < 4.78 is 28.1. The lowest BCUT2D eigenvalue weighted by Crippen LogP contribution is -2.50. The number of carbonyl (C=O) groups is 1. The van der Waals surface area contributed by atoms with Gasteiger partial charge in [-0.1, -0.05) is 6.07 Å². The van der Waals surface area contributed by atoms with Crippen LogP contribution in [0.4, 0.5) is 0 Å². The highest BCUT2D eigenvalue weighted by atomic mass is 32.2. The number of rotatable bonds is 3. The van der Waals surface area contributed by atoms with Gasteiger partial charge in [-0.05, 0) is 56.0 Å². The summed E-state index contributed by atoms with van der Waals surface area (Å²) in [6.07, 6.45) is 1.38. The molecule has 3 rings (SSSR count). The number of sulfonamides is 1. The van der Waals surface area contributed by atoms with Gasteiger partial charge in [0.05, 0.1) is 10.5 Å². The summed E-state index contributed by atoms with van der Waals surface area (Å²) in [7, 11) is -3.64. The highest BCUT2D eigenvalue weighted by Crippen LogP contribution is 2.29. The van der Waals surface area contributed by atoms with Crippen molar-refractivity contribution >= 4 is 15.9 Å². The van der Waals surface area contributed by atoms with E-state index in [0.717, 1.165) is 22.3 Å². The van der Waals surface area contributed by atoms with Crippen LogP contribution < -0.4 is 5.56 Å².